The lowest BCUT2D eigenvalue weighted by atomic mass is 9.76. The maximum Gasteiger partial charge on any atom is 0.221 e. The summed E-state index contributed by atoms with van der Waals surface area (Å²) in [6.45, 7) is 0.723. The van der Waals surface area contributed by atoms with E-state index in [0.717, 1.165) is 19.4 Å². The fraction of sp³-hybridized carbons (Fsp3) is 0.500. The first-order valence-electron chi connectivity index (χ1n) is 6.38. The van der Waals surface area contributed by atoms with Gasteiger partial charge in [0.05, 0.1) is 0 Å². The quantitative estimate of drug-likeness (QED) is 0.836. The average molecular weight is 250 g/mol. The molecule has 3 nitrogen and oxygen atoms in total. The Kier molecular flexibility index (Phi) is 4.31. The van der Waals surface area contributed by atoms with Crippen LogP contribution in [0.25, 0.3) is 0 Å². The van der Waals surface area contributed by atoms with Crippen molar-refractivity contribution in [2.75, 3.05) is 13.6 Å². The fourth-order valence-corrected chi connectivity index (χ4v) is 2.31. The molecule has 2 N–H and O–H groups in total. The van der Waals surface area contributed by atoms with Gasteiger partial charge in [0.15, 0.2) is 0 Å². The summed E-state index contributed by atoms with van der Waals surface area (Å²) in [6, 6.07) is 7.25. The Morgan fingerprint density at radius 2 is 2.00 bits per heavy atom. The number of hydrogen-bond acceptors (Lipinski definition) is 2. The maximum absolute atomic E-state index is 12.8. The molecule has 1 aliphatic carbocycles. The van der Waals surface area contributed by atoms with Crippen LogP contribution in [0.15, 0.2) is 24.3 Å². The molecule has 0 heterocycles. The van der Waals surface area contributed by atoms with Crippen molar-refractivity contribution in [2.24, 2.45) is 0 Å². The Bertz CT molecular complexity index is 399. The summed E-state index contributed by atoms with van der Waals surface area (Å²) in [4.78, 5) is 11.0. The summed E-state index contributed by atoms with van der Waals surface area (Å²) in [5, 5.41) is 5.96. The largest absolute Gasteiger partial charge is 0.359 e. The van der Waals surface area contributed by atoms with Gasteiger partial charge in [0.1, 0.15) is 5.82 Å². The number of nitrogens with one attached hydrogen (secondary N) is 2. The van der Waals surface area contributed by atoms with Gasteiger partial charge in [-0.2, -0.15) is 0 Å². The van der Waals surface area contributed by atoms with Gasteiger partial charge in [-0.25, -0.2) is 4.39 Å². The highest BCUT2D eigenvalue weighted by atomic mass is 19.1. The topological polar surface area (TPSA) is 41.1 Å². The number of hydrogen-bond donors (Lipinski definition) is 2. The van der Waals surface area contributed by atoms with E-state index >= 15 is 0 Å². The zero-order valence-corrected chi connectivity index (χ0v) is 10.6. The maximum atomic E-state index is 12.8. The van der Waals surface area contributed by atoms with Gasteiger partial charge in [0.25, 0.3) is 0 Å². The van der Waals surface area contributed by atoms with Crippen LogP contribution in [0.5, 0.6) is 0 Å². The number of carbonyl (C=O) groups is 1. The summed E-state index contributed by atoms with van der Waals surface area (Å²) in [5.74, 6) is 0.415. The molecule has 0 unspecified atom stereocenters. The molecule has 98 valence electrons. The monoisotopic (exact) mass is 250 g/mol. The summed E-state index contributed by atoms with van der Waals surface area (Å²) in [5.41, 5.74) is 1.21. The minimum atomic E-state index is -0.182. The van der Waals surface area contributed by atoms with E-state index in [2.05, 4.69) is 10.6 Å². The normalized spacial score (nSPS) is 22.3. The van der Waals surface area contributed by atoms with E-state index in [-0.39, 0.29) is 11.7 Å². The molecule has 1 aromatic rings. The first-order chi connectivity index (χ1) is 8.69. The Morgan fingerprint density at radius 1 is 1.33 bits per heavy atom. The molecule has 1 aromatic carbocycles. The van der Waals surface area contributed by atoms with Gasteiger partial charge in [0.2, 0.25) is 5.91 Å². The van der Waals surface area contributed by atoms with Crippen molar-refractivity contribution in [2.45, 2.75) is 31.2 Å². The third kappa shape index (κ3) is 3.29. The molecule has 2 rings (SSSR count). The molecule has 4 heteroatoms. The van der Waals surface area contributed by atoms with E-state index in [9.17, 15) is 9.18 Å². The van der Waals surface area contributed by atoms with E-state index in [1.807, 2.05) is 12.1 Å². The van der Waals surface area contributed by atoms with Gasteiger partial charge in [-0.15, -0.1) is 0 Å². The SMILES string of the molecule is CNC(=O)CCNC1CC(c2ccc(F)cc2)C1. The molecule has 0 aromatic heterocycles. The zero-order valence-electron chi connectivity index (χ0n) is 10.6. The molecule has 18 heavy (non-hydrogen) atoms. The average Bonchev–Trinajstić information content (AvgIpc) is 2.33. The fourth-order valence-electron chi connectivity index (χ4n) is 2.31. The van der Waals surface area contributed by atoms with Crippen LogP contribution in [0.4, 0.5) is 4.39 Å². The molecule has 1 saturated carbocycles. The van der Waals surface area contributed by atoms with Crippen LogP contribution in [0.3, 0.4) is 0 Å². The lowest BCUT2D eigenvalue weighted by Crippen LogP contribution is -2.41. The molecular weight excluding hydrogens is 231 g/mol. The van der Waals surface area contributed by atoms with Gasteiger partial charge in [-0.1, -0.05) is 12.1 Å². The van der Waals surface area contributed by atoms with E-state index in [0.29, 0.717) is 18.4 Å². The van der Waals surface area contributed by atoms with E-state index in [1.54, 1.807) is 7.05 Å². The molecule has 0 saturated heterocycles. The second-order valence-electron chi connectivity index (χ2n) is 4.79. The van der Waals surface area contributed by atoms with Gasteiger partial charge < -0.3 is 10.6 Å². The van der Waals surface area contributed by atoms with Crippen molar-refractivity contribution in [1.82, 2.24) is 10.6 Å². The van der Waals surface area contributed by atoms with Crippen LogP contribution in [0, 0.1) is 5.82 Å². The first-order valence-corrected chi connectivity index (χ1v) is 6.38. The number of benzene rings is 1. The van der Waals surface area contributed by atoms with Crippen molar-refractivity contribution >= 4 is 5.91 Å². The van der Waals surface area contributed by atoms with Crippen LogP contribution < -0.4 is 10.6 Å². The third-order valence-corrected chi connectivity index (χ3v) is 3.54. The lowest BCUT2D eigenvalue weighted by molar-refractivity contribution is -0.120. The number of carbonyl (C=O) groups excluding carboxylic acids is 1. The van der Waals surface area contributed by atoms with E-state index in [1.165, 1.54) is 17.7 Å². The highest BCUT2D eigenvalue weighted by Crippen LogP contribution is 2.36. The molecular formula is C14H19FN2O. The Hall–Kier alpha value is -1.42. The van der Waals surface area contributed by atoms with Crippen molar-refractivity contribution in [3.8, 4) is 0 Å². The predicted molar refractivity (Wildman–Crippen MR) is 68.8 cm³/mol. The predicted octanol–water partition coefficient (Wildman–Crippen LogP) is 1.80. The van der Waals surface area contributed by atoms with Gasteiger partial charge >= 0.3 is 0 Å². The second-order valence-corrected chi connectivity index (χ2v) is 4.79. The minimum absolute atomic E-state index is 0.0666. The molecule has 0 bridgehead atoms. The van der Waals surface area contributed by atoms with Crippen LogP contribution in [0.2, 0.25) is 0 Å². The second kappa shape index (κ2) is 5.96. The summed E-state index contributed by atoms with van der Waals surface area (Å²) in [7, 11) is 1.65. The first kappa shape index (κ1) is 13.0. The van der Waals surface area contributed by atoms with Crippen LogP contribution >= 0.6 is 0 Å². The molecule has 1 amide bonds. The Morgan fingerprint density at radius 3 is 2.61 bits per heavy atom. The van der Waals surface area contributed by atoms with Crippen LogP contribution in [-0.2, 0) is 4.79 Å². The minimum Gasteiger partial charge on any atom is -0.359 e. The van der Waals surface area contributed by atoms with Gasteiger partial charge in [-0.05, 0) is 36.5 Å². The summed E-state index contributed by atoms with van der Waals surface area (Å²) in [6.07, 6.45) is 2.66. The smallest absolute Gasteiger partial charge is 0.221 e. The van der Waals surface area contributed by atoms with Crippen molar-refractivity contribution in [3.05, 3.63) is 35.6 Å². The summed E-state index contributed by atoms with van der Waals surface area (Å²) >= 11 is 0. The molecule has 1 fully saturated rings. The van der Waals surface area contributed by atoms with Gasteiger partial charge in [-0.3, -0.25) is 4.79 Å². The van der Waals surface area contributed by atoms with Crippen molar-refractivity contribution in [1.29, 1.82) is 0 Å². The van der Waals surface area contributed by atoms with Crippen molar-refractivity contribution in [3.63, 3.8) is 0 Å². The molecule has 1 aliphatic rings. The highest BCUT2D eigenvalue weighted by molar-refractivity contribution is 5.75. The van der Waals surface area contributed by atoms with Crippen LogP contribution in [0.1, 0.15) is 30.7 Å². The summed E-state index contributed by atoms with van der Waals surface area (Å²) < 4.78 is 12.8. The standard InChI is InChI=1S/C14H19FN2O/c1-16-14(18)6-7-17-13-8-11(9-13)10-2-4-12(15)5-3-10/h2-5,11,13,17H,6-9H2,1H3,(H,16,18). The Labute approximate surface area is 107 Å². The van der Waals surface area contributed by atoms with Gasteiger partial charge in [0, 0.05) is 26.1 Å². The molecule has 0 radical (unpaired) electrons. The van der Waals surface area contributed by atoms with Crippen LogP contribution in [-0.4, -0.2) is 25.5 Å². The highest BCUT2D eigenvalue weighted by Gasteiger charge is 2.29. The molecule has 0 aliphatic heterocycles. The third-order valence-electron chi connectivity index (χ3n) is 3.54. The zero-order chi connectivity index (χ0) is 13.0. The number of halogens is 1. The molecule has 0 spiro atoms. The van der Waals surface area contributed by atoms with E-state index in [4.69, 9.17) is 0 Å². The molecule has 0 atom stereocenters. The lowest BCUT2D eigenvalue weighted by Gasteiger charge is -2.36. The Balaban J connectivity index is 1.67. The number of amides is 1. The number of rotatable bonds is 5. The van der Waals surface area contributed by atoms with Crippen molar-refractivity contribution < 1.29 is 9.18 Å². The van der Waals surface area contributed by atoms with E-state index < -0.39 is 0 Å².